The van der Waals surface area contributed by atoms with Crippen LogP contribution in [0.5, 0.6) is 0 Å². The average Bonchev–Trinajstić information content (AvgIpc) is 2.75. The molecular weight excluding hydrogens is 429 g/mol. The first-order valence-corrected chi connectivity index (χ1v) is 15.1. The second-order valence-corrected chi connectivity index (χ2v) is 15.2. The Kier molecular flexibility index (Phi) is 7.24. The van der Waals surface area contributed by atoms with Gasteiger partial charge in [0.2, 0.25) is 0 Å². The predicted octanol–water partition coefficient (Wildman–Crippen LogP) is 6.15. The SMILES string of the molecule is Cc1cc(C)c(NC(=O)C2([PH]3(CC(=O)OCc4ccccc4)CCCCC3)CCC2)c(C)c1. The van der Waals surface area contributed by atoms with Crippen molar-refractivity contribution < 1.29 is 14.3 Å². The summed E-state index contributed by atoms with van der Waals surface area (Å²) in [4.78, 5) is 27.0. The predicted molar refractivity (Wildman–Crippen MR) is 139 cm³/mol. The van der Waals surface area contributed by atoms with Crippen LogP contribution >= 0.6 is 7.26 Å². The summed E-state index contributed by atoms with van der Waals surface area (Å²) in [6, 6.07) is 14.1. The molecule has 0 unspecified atom stereocenters. The van der Waals surface area contributed by atoms with E-state index in [0.717, 1.165) is 66.8 Å². The molecule has 178 valence electrons. The number of esters is 1. The Balaban J connectivity index is 1.55. The number of carbonyl (C=O) groups excluding carboxylic acids is 2. The van der Waals surface area contributed by atoms with E-state index >= 15 is 0 Å². The second kappa shape index (κ2) is 9.97. The van der Waals surface area contributed by atoms with E-state index < -0.39 is 7.26 Å². The van der Waals surface area contributed by atoms with Crippen molar-refractivity contribution >= 4 is 24.8 Å². The van der Waals surface area contributed by atoms with E-state index in [9.17, 15) is 9.59 Å². The van der Waals surface area contributed by atoms with Gasteiger partial charge in [-0.3, -0.25) is 0 Å². The van der Waals surface area contributed by atoms with Crippen LogP contribution in [0.25, 0.3) is 0 Å². The van der Waals surface area contributed by atoms with Crippen molar-refractivity contribution in [1.29, 1.82) is 0 Å². The minimum atomic E-state index is -2.20. The van der Waals surface area contributed by atoms with Gasteiger partial charge in [-0.25, -0.2) is 0 Å². The molecule has 1 aliphatic carbocycles. The summed E-state index contributed by atoms with van der Waals surface area (Å²) in [5, 5.41) is 3.00. The molecule has 2 aromatic carbocycles. The van der Waals surface area contributed by atoms with Gasteiger partial charge in [0, 0.05) is 0 Å². The summed E-state index contributed by atoms with van der Waals surface area (Å²) in [5.74, 6) is 0.0439. The van der Waals surface area contributed by atoms with E-state index in [4.69, 9.17) is 4.74 Å². The molecule has 1 N–H and O–H groups in total. The molecule has 0 bridgehead atoms. The molecule has 5 heteroatoms. The van der Waals surface area contributed by atoms with Gasteiger partial charge in [0.1, 0.15) is 0 Å². The van der Waals surface area contributed by atoms with Crippen molar-refractivity contribution in [1.82, 2.24) is 0 Å². The monoisotopic (exact) mass is 467 g/mol. The van der Waals surface area contributed by atoms with E-state index in [1.807, 2.05) is 30.3 Å². The number of aryl methyl sites for hydroxylation is 3. The molecule has 1 heterocycles. The van der Waals surface area contributed by atoms with Crippen molar-refractivity contribution in [3.05, 3.63) is 64.7 Å². The van der Waals surface area contributed by atoms with Crippen LogP contribution in [0, 0.1) is 20.8 Å². The van der Waals surface area contributed by atoms with E-state index in [1.54, 1.807) is 0 Å². The molecule has 2 aliphatic rings. The van der Waals surface area contributed by atoms with Gasteiger partial charge < -0.3 is 0 Å². The van der Waals surface area contributed by atoms with Gasteiger partial charge in [0.15, 0.2) is 0 Å². The summed E-state index contributed by atoms with van der Waals surface area (Å²) >= 11 is 0. The topological polar surface area (TPSA) is 55.4 Å². The summed E-state index contributed by atoms with van der Waals surface area (Å²) < 4.78 is 5.73. The first-order chi connectivity index (χ1) is 15.9. The fraction of sp³-hybridized carbons (Fsp3) is 0.500. The van der Waals surface area contributed by atoms with E-state index in [-0.39, 0.29) is 17.0 Å². The van der Waals surface area contributed by atoms with Gasteiger partial charge in [0.05, 0.1) is 0 Å². The number of nitrogens with one attached hydrogen (secondary N) is 1. The van der Waals surface area contributed by atoms with E-state index in [0.29, 0.717) is 12.8 Å². The summed E-state index contributed by atoms with van der Waals surface area (Å²) in [6.07, 6.45) is 8.99. The number of amides is 1. The third-order valence-corrected chi connectivity index (χ3v) is 14.5. The molecule has 1 saturated heterocycles. The average molecular weight is 468 g/mol. The number of hydrogen-bond acceptors (Lipinski definition) is 3. The molecule has 2 aromatic rings. The van der Waals surface area contributed by atoms with Crippen molar-refractivity contribution in [3.63, 3.8) is 0 Å². The molecule has 1 amide bonds. The second-order valence-electron chi connectivity index (χ2n) is 10.3. The van der Waals surface area contributed by atoms with Gasteiger partial charge in [-0.1, -0.05) is 0 Å². The molecule has 1 aliphatic heterocycles. The number of benzene rings is 2. The molecule has 1 saturated carbocycles. The quantitative estimate of drug-likeness (QED) is 0.392. The van der Waals surface area contributed by atoms with Gasteiger partial charge in [-0.15, -0.1) is 0 Å². The van der Waals surface area contributed by atoms with Crippen molar-refractivity contribution in [2.75, 3.05) is 23.8 Å². The standard InChI is InChI=1S/C28H38NO3P/c1-21-17-22(2)26(23(3)18-21)29-27(31)28(13-10-14-28)33(15-8-5-9-16-33)20-25(30)32-19-24-11-6-4-7-12-24/h4,6-7,11-12,17-18,33H,5,8-10,13-16,19-20H2,1-3H3,(H,29,31). The number of anilines is 1. The molecule has 0 aromatic heterocycles. The number of ether oxygens (including phenoxy) is 1. The van der Waals surface area contributed by atoms with Crippen LogP contribution in [0.1, 0.15) is 60.8 Å². The maximum absolute atomic E-state index is 13.9. The first kappa shape index (κ1) is 24.0. The van der Waals surface area contributed by atoms with Crippen molar-refractivity contribution in [3.8, 4) is 0 Å². The van der Waals surface area contributed by atoms with Crippen LogP contribution in [0.3, 0.4) is 0 Å². The van der Waals surface area contributed by atoms with Gasteiger partial charge in [-0.2, -0.15) is 0 Å². The zero-order valence-electron chi connectivity index (χ0n) is 20.3. The zero-order chi connectivity index (χ0) is 23.5. The van der Waals surface area contributed by atoms with Crippen LogP contribution in [-0.2, 0) is 20.9 Å². The van der Waals surface area contributed by atoms with Gasteiger partial charge >= 0.3 is 199 Å². The fourth-order valence-corrected chi connectivity index (χ4v) is 12.6. The Morgan fingerprint density at radius 2 is 1.58 bits per heavy atom. The van der Waals surface area contributed by atoms with E-state index in [1.165, 1.54) is 12.0 Å². The van der Waals surface area contributed by atoms with Crippen LogP contribution in [0.2, 0.25) is 0 Å². The third-order valence-electron chi connectivity index (χ3n) is 8.11. The van der Waals surface area contributed by atoms with Crippen LogP contribution in [-0.4, -0.2) is 35.5 Å². The molecule has 0 radical (unpaired) electrons. The van der Waals surface area contributed by atoms with Crippen LogP contribution in [0.15, 0.2) is 42.5 Å². The van der Waals surface area contributed by atoms with Gasteiger partial charge in [-0.05, 0) is 0 Å². The van der Waals surface area contributed by atoms with Crippen molar-refractivity contribution in [2.45, 2.75) is 71.1 Å². The zero-order valence-corrected chi connectivity index (χ0v) is 21.3. The van der Waals surface area contributed by atoms with Crippen LogP contribution < -0.4 is 5.32 Å². The Morgan fingerprint density at radius 1 is 0.939 bits per heavy atom. The maximum atomic E-state index is 13.9. The Labute approximate surface area is 198 Å². The molecule has 33 heavy (non-hydrogen) atoms. The Morgan fingerprint density at radius 3 is 2.15 bits per heavy atom. The summed E-state index contributed by atoms with van der Waals surface area (Å²) in [6.45, 7) is 6.53. The first-order valence-electron chi connectivity index (χ1n) is 12.4. The summed E-state index contributed by atoms with van der Waals surface area (Å²) in [5.41, 5.74) is 5.38. The van der Waals surface area contributed by atoms with E-state index in [2.05, 4.69) is 38.2 Å². The Bertz CT molecular complexity index is 984. The Hall–Kier alpha value is -2.19. The number of carbonyl (C=O) groups is 2. The minimum absolute atomic E-state index is 0.116. The number of rotatable bonds is 7. The molecule has 0 atom stereocenters. The van der Waals surface area contributed by atoms with Crippen LogP contribution in [0.4, 0.5) is 5.69 Å². The van der Waals surface area contributed by atoms with Crippen molar-refractivity contribution in [2.24, 2.45) is 0 Å². The fourth-order valence-electron chi connectivity index (χ4n) is 6.26. The normalized spacial score (nSPS) is 19.7. The molecule has 0 spiro atoms. The summed E-state index contributed by atoms with van der Waals surface area (Å²) in [7, 11) is -2.20. The third kappa shape index (κ3) is 4.87. The molecule has 4 nitrogen and oxygen atoms in total. The molecular formula is C28H38NO3P. The molecule has 4 rings (SSSR count). The van der Waals surface area contributed by atoms with Gasteiger partial charge in [0.25, 0.3) is 0 Å². The molecule has 2 fully saturated rings. The number of hydrogen-bond donors (Lipinski definition) is 1.